The van der Waals surface area contributed by atoms with Crippen molar-refractivity contribution in [3.8, 4) is 0 Å². The standard InChI is InChI=1S/C9H12N2O2/c1-6-4-3-5-7(8(6)11-10)9(12)13-2/h3-5,11H,10H2,1-2H3. The molecule has 0 aliphatic rings. The number of hydrogen-bond acceptors (Lipinski definition) is 4. The van der Waals surface area contributed by atoms with Gasteiger partial charge in [-0.05, 0) is 18.6 Å². The summed E-state index contributed by atoms with van der Waals surface area (Å²) in [6, 6.07) is 5.30. The van der Waals surface area contributed by atoms with Crippen LogP contribution in [-0.2, 0) is 4.74 Å². The largest absolute Gasteiger partial charge is 0.465 e. The molecule has 0 aliphatic carbocycles. The van der Waals surface area contributed by atoms with Crippen LogP contribution < -0.4 is 11.3 Å². The first-order valence-electron chi connectivity index (χ1n) is 3.85. The predicted octanol–water partition coefficient (Wildman–Crippen LogP) is 1.07. The monoisotopic (exact) mass is 180 g/mol. The molecule has 4 nitrogen and oxygen atoms in total. The minimum absolute atomic E-state index is 0.392. The first-order chi connectivity index (χ1) is 6.20. The van der Waals surface area contributed by atoms with Crippen LogP contribution in [0, 0.1) is 6.92 Å². The number of anilines is 1. The number of aryl methyl sites for hydroxylation is 1. The van der Waals surface area contributed by atoms with Crippen LogP contribution in [0.15, 0.2) is 18.2 Å². The Morgan fingerprint density at radius 2 is 2.23 bits per heavy atom. The lowest BCUT2D eigenvalue weighted by atomic mass is 10.1. The maximum absolute atomic E-state index is 11.2. The van der Waals surface area contributed by atoms with Crippen LogP contribution in [0.4, 0.5) is 5.69 Å². The fraction of sp³-hybridized carbons (Fsp3) is 0.222. The van der Waals surface area contributed by atoms with E-state index < -0.39 is 5.97 Å². The fourth-order valence-corrected chi connectivity index (χ4v) is 1.14. The number of methoxy groups -OCH3 is 1. The number of para-hydroxylation sites is 1. The summed E-state index contributed by atoms with van der Waals surface area (Å²) >= 11 is 0. The number of nitrogens with one attached hydrogen (secondary N) is 1. The van der Waals surface area contributed by atoms with Crippen LogP contribution in [0.25, 0.3) is 0 Å². The first-order valence-corrected chi connectivity index (χ1v) is 3.85. The molecule has 0 fully saturated rings. The number of benzene rings is 1. The van der Waals surface area contributed by atoms with Gasteiger partial charge in [-0.2, -0.15) is 0 Å². The highest BCUT2D eigenvalue weighted by molar-refractivity contribution is 5.96. The van der Waals surface area contributed by atoms with Crippen molar-refractivity contribution in [2.45, 2.75) is 6.92 Å². The highest BCUT2D eigenvalue weighted by Crippen LogP contribution is 2.19. The highest BCUT2D eigenvalue weighted by Gasteiger charge is 2.11. The third-order valence-electron chi connectivity index (χ3n) is 1.82. The van der Waals surface area contributed by atoms with Gasteiger partial charge in [0.15, 0.2) is 0 Å². The average Bonchev–Trinajstić information content (AvgIpc) is 2.16. The molecule has 3 N–H and O–H groups in total. The van der Waals surface area contributed by atoms with E-state index in [4.69, 9.17) is 5.84 Å². The molecule has 0 unspecified atom stereocenters. The number of nitrogens with two attached hydrogens (primary N) is 1. The molecule has 0 aromatic heterocycles. The van der Waals surface area contributed by atoms with Gasteiger partial charge >= 0.3 is 5.97 Å². The molecule has 0 amide bonds. The summed E-state index contributed by atoms with van der Waals surface area (Å²) in [5.41, 5.74) is 4.44. The van der Waals surface area contributed by atoms with Gasteiger partial charge in [0.2, 0.25) is 0 Å². The van der Waals surface area contributed by atoms with Gasteiger partial charge in [-0.1, -0.05) is 12.1 Å². The topological polar surface area (TPSA) is 64.3 Å². The lowest BCUT2D eigenvalue weighted by molar-refractivity contribution is 0.0601. The number of nitrogen functional groups attached to an aromatic ring is 1. The number of ether oxygens (including phenoxy) is 1. The van der Waals surface area contributed by atoms with Crippen molar-refractivity contribution in [1.29, 1.82) is 0 Å². The van der Waals surface area contributed by atoms with Crippen molar-refractivity contribution >= 4 is 11.7 Å². The smallest absolute Gasteiger partial charge is 0.340 e. The van der Waals surface area contributed by atoms with E-state index in [9.17, 15) is 4.79 Å². The molecule has 13 heavy (non-hydrogen) atoms. The Balaban J connectivity index is 3.20. The minimum Gasteiger partial charge on any atom is -0.465 e. The van der Waals surface area contributed by atoms with Gasteiger partial charge in [-0.15, -0.1) is 0 Å². The van der Waals surface area contributed by atoms with Gasteiger partial charge in [-0.3, -0.25) is 5.84 Å². The number of rotatable bonds is 2. The summed E-state index contributed by atoms with van der Waals surface area (Å²) in [5.74, 6) is 4.89. The second-order valence-electron chi connectivity index (χ2n) is 2.63. The van der Waals surface area contributed by atoms with Crippen LogP contribution in [0.5, 0.6) is 0 Å². The maximum atomic E-state index is 11.2. The van der Waals surface area contributed by atoms with Crippen LogP contribution >= 0.6 is 0 Å². The molecule has 1 aromatic rings. The molecular formula is C9H12N2O2. The summed E-state index contributed by atoms with van der Waals surface area (Å²) in [4.78, 5) is 11.2. The summed E-state index contributed by atoms with van der Waals surface area (Å²) in [7, 11) is 1.34. The second-order valence-corrected chi connectivity index (χ2v) is 2.63. The number of hydrazine groups is 1. The number of esters is 1. The van der Waals surface area contributed by atoms with Crippen LogP contribution in [0.3, 0.4) is 0 Å². The number of carbonyl (C=O) groups excluding carboxylic acids is 1. The summed E-state index contributed by atoms with van der Waals surface area (Å²) in [5, 5.41) is 0. The second kappa shape index (κ2) is 3.91. The van der Waals surface area contributed by atoms with Gasteiger partial charge in [0, 0.05) is 0 Å². The SMILES string of the molecule is COC(=O)c1cccc(C)c1NN. The van der Waals surface area contributed by atoms with E-state index in [0.29, 0.717) is 11.3 Å². The lowest BCUT2D eigenvalue weighted by Crippen LogP contribution is -2.14. The van der Waals surface area contributed by atoms with Crippen molar-refractivity contribution in [2.75, 3.05) is 12.5 Å². The van der Waals surface area contributed by atoms with E-state index in [2.05, 4.69) is 10.2 Å². The van der Waals surface area contributed by atoms with E-state index in [1.54, 1.807) is 12.1 Å². The third-order valence-corrected chi connectivity index (χ3v) is 1.82. The quantitative estimate of drug-likeness (QED) is 0.406. The summed E-state index contributed by atoms with van der Waals surface area (Å²) in [6.45, 7) is 1.86. The van der Waals surface area contributed by atoms with Crippen molar-refractivity contribution in [3.05, 3.63) is 29.3 Å². The minimum atomic E-state index is -0.392. The van der Waals surface area contributed by atoms with Crippen LogP contribution in [0.2, 0.25) is 0 Å². The molecule has 0 heterocycles. The van der Waals surface area contributed by atoms with Gasteiger partial charge in [0.25, 0.3) is 0 Å². The molecule has 1 aromatic carbocycles. The Morgan fingerprint density at radius 1 is 1.54 bits per heavy atom. The number of hydrogen-bond donors (Lipinski definition) is 2. The van der Waals surface area contributed by atoms with Gasteiger partial charge in [0.1, 0.15) is 0 Å². The Kier molecular flexibility index (Phi) is 2.87. The molecule has 0 aliphatic heterocycles. The Hall–Kier alpha value is -1.55. The van der Waals surface area contributed by atoms with E-state index in [1.807, 2.05) is 13.0 Å². The maximum Gasteiger partial charge on any atom is 0.340 e. The van der Waals surface area contributed by atoms with E-state index >= 15 is 0 Å². The molecule has 0 saturated heterocycles. The van der Waals surface area contributed by atoms with Crippen molar-refractivity contribution < 1.29 is 9.53 Å². The summed E-state index contributed by atoms with van der Waals surface area (Å²) in [6.07, 6.45) is 0. The average molecular weight is 180 g/mol. The molecule has 1 rings (SSSR count). The molecule has 4 heteroatoms. The first kappa shape index (κ1) is 9.54. The van der Waals surface area contributed by atoms with Crippen LogP contribution in [0.1, 0.15) is 15.9 Å². The third kappa shape index (κ3) is 1.78. The summed E-state index contributed by atoms with van der Waals surface area (Å²) < 4.78 is 4.60. The molecular weight excluding hydrogens is 168 g/mol. The van der Waals surface area contributed by atoms with Crippen LogP contribution in [-0.4, -0.2) is 13.1 Å². The number of carbonyl (C=O) groups is 1. The molecule has 0 bridgehead atoms. The fourth-order valence-electron chi connectivity index (χ4n) is 1.14. The van der Waals surface area contributed by atoms with Gasteiger partial charge in [-0.25, -0.2) is 4.79 Å². The molecule has 0 spiro atoms. The van der Waals surface area contributed by atoms with Crippen molar-refractivity contribution in [3.63, 3.8) is 0 Å². The van der Waals surface area contributed by atoms with E-state index in [1.165, 1.54) is 7.11 Å². The normalized spacial score (nSPS) is 9.46. The molecule has 70 valence electrons. The van der Waals surface area contributed by atoms with Gasteiger partial charge in [0.05, 0.1) is 18.4 Å². The zero-order valence-electron chi connectivity index (χ0n) is 7.63. The zero-order valence-corrected chi connectivity index (χ0v) is 7.63. The van der Waals surface area contributed by atoms with Crippen molar-refractivity contribution in [1.82, 2.24) is 0 Å². The predicted molar refractivity (Wildman–Crippen MR) is 50.3 cm³/mol. The van der Waals surface area contributed by atoms with E-state index in [-0.39, 0.29) is 0 Å². The Morgan fingerprint density at radius 3 is 2.77 bits per heavy atom. The molecule has 0 atom stereocenters. The molecule has 0 radical (unpaired) electrons. The Bertz CT molecular complexity index is 323. The highest BCUT2D eigenvalue weighted by atomic mass is 16.5. The van der Waals surface area contributed by atoms with Gasteiger partial charge < -0.3 is 10.2 Å². The zero-order chi connectivity index (χ0) is 9.84. The Labute approximate surface area is 76.7 Å². The lowest BCUT2D eigenvalue weighted by Gasteiger charge is -2.09. The van der Waals surface area contributed by atoms with E-state index in [0.717, 1.165) is 5.56 Å². The molecule has 0 saturated carbocycles. The van der Waals surface area contributed by atoms with Crippen molar-refractivity contribution in [2.24, 2.45) is 5.84 Å².